The summed E-state index contributed by atoms with van der Waals surface area (Å²) in [5.41, 5.74) is 5.30. The first kappa shape index (κ1) is 12.4. The first-order valence-corrected chi connectivity index (χ1v) is 5.41. The molecule has 3 N–H and O–H groups in total. The molecule has 1 aliphatic rings. The largest absolute Gasteiger partial charge is 0.393 e. The number of carbonyl (C=O) groups excluding carboxylic acids is 1. The lowest BCUT2D eigenvalue weighted by Gasteiger charge is -2.35. The van der Waals surface area contributed by atoms with Crippen LogP contribution in [0.2, 0.25) is 0 Å². The summed E-state index contributed by atoms with van der Waals surface area (Å²) in [6, 6.07) is 0. The van der Waals surface area contributed by atoms with Gasteiger partial charge in [-0.05, 0) is 12.8 Å². The standard InChI is InChI=1S/C10H19FN2O2/c11-4-1-8-7-13(6-3-9(8)14)10(15)2-5-12/h8-9,14H,1-7,12H2/t8-,9+/m0/s1. The molecule has 0 saturated carbocycles. The van der Waals surface area contributed by atoms with Gasteiger partial charge in [0.1, 0.15) is 0 Å². The molecule has 4 nitrogen and oxygen atoms in total. The molecule has 0 aliphatic carbocycles. The van der Waals surface area contributed by atoms with Crippen molar-refractivity contribution in [2.45, 2.75) is 25.4 Å². The van der Waals surface area contributed by atoms with E-state index in [0.29, 0.717) is 38.9 Å². The molecule has 5 heteroatoms. The van der Waals surface area contributed by atoms with Crippen LogP contribution in [0.5, 0.6) is 0 Å². The van der Waals surface area contributed by atoms with Crippen molar-refractivity contribution in [1.82, 2.24) is 4.90 Å². The zero-order chi connectivity index (χ0) is 11.3. The Balaban J connectivity index is 2.45. The second-order valence-electron chi connectivity index (χ2n) is 3.97. The van der Waals surface area contributed by atoms with Gasteiger partial charge in [0.25, 0.3) is 0 Å². The highest BCUT2D eigenvalue weighted by atomic mass is 19.1. The van der Waals surface area contributed by atoms with Crippen LogP contribution in [-0.2, 0) is 4.79 Å². The van der Waals surface area contributed by atoms with Crippen LogP contribution in [0.4, 0.5) is 4.39 Å². The number of hydrogen-bond acceptors (Lipinski definition) is 3. The molecule has 0 aromatic heterocycles. The molecule has 0 spiro atoms. The number of nitrogens with zero attached hydrogens (tertiary/aromatic N) is 1. The van der Waals surface area contributed by atoms with E-state index in [-0.39, 0.29) is 11.8 Å². The normalized spacial score (nSPS) is 26.7. The molecule has 1 heterocycles. The molecule has 0 bridgehead atoms. The van der Waals surface area contributed by atoms with Gasteiger partial charge in [0, 0.05) is 32.0 Å². The van der Waals surface area contributed by atoms with E-state index >= 15 is 0 Å². The van der Waals surface area contributed by atoms with Crippen LogP contribution in [0, 0.1) is 5.92 Å². The lowest BCUT2D eigenvalue weighted by Crippen LogP contribution is -2.46. The van der Waals surface area contributed by atoms with Crippen molar-refractivity contribution >= 4 is 5.91 Å². The summed E-state index contributed by atoms with van der Waals surface area (Å²) in [6.45, 7) is 0.916. The third kappa shape index (κ3) is 3.43. The van der Waals surface area contributed by atoms with Gasteiger partial charge in [-0.25, -0.2) is 0 Å². The maximum Gasteiger partial charge on any atom is 0.223 e. The summed E-state index contributed by atoms with van der Waals surface area (Å²) in [5, 5.41) is 9.60. The number of nitrogens with two attached hydrogens (primary N) is 1. The van der Waals surface area contributed by atoms with Gasteiger partial charge in [0.2, 0.25) is 5.91 Å². The quantitative estimate of drug-likeness (QED) is 0.692. The summed E-state index contributed by atoms with van der Waals surface area (Å²) in [4.78, 5) is 13.2. The number of halogens is 1. The Kier molecular flexibility index (Phi) is 4.98. The van der Waals surface area contributed by atoms with Crippen molar-refractivity contribution in [2.24, 2.45) is 11.7 Å². The van der Waals surface area contributed by atoms with Gasteiger partial charge in [-0.2, -0.15) is 0 Å². The SMILES string of the molecule is NCCC(=O)N1CC[C@@H](O)[C@@H](CCF)C1. The van der Waals surface area contributed by atoms with Crippen LogP contribution in [0.25, 0.3) is 0 Å². The molecule has 0 unspecified atom stereocenters. The van der Waals surface area contributed by atoms with Crippen LogP contribution < -0.4 is 5.73 Å². The average Bonchev–Trinajstić information content (AvgIpc) is 2.22. The Morgan fingerprint density at radius 1 is 1.60 bits per heavy atom. The van der Waals surface area contributed by atoms with Crippen molar-refractivity contribution in [3.8, 4) is 0 Å². The summed E-state index contributed by atoms with van der Waals surface area (Å²) in [6.07, 6.45) is 0.732. The maximum absolute atomic E-state index is 12.2. The van der Waals surface area contributed by atoms with Crippen LogP contribution in [0.3, 0.4) is 0 Å². The number of rotatable bonds is 4. The predicted molar refractivity (Wildman–Crippen MR) is 55.0 cm³/mol. The highest BCUT2D eigenvalue weighted by molar-refractivity contribution is 5.76. The second kappa shape index (κ2) is 6.02. The van der Waals surface area contributed by atoms with E-state index < -0.39 is 12.8 Å². The fraction of sp³-hybridized carbons (Fsp3) is 0.900. The molecule has 1 fully saturated rings. The number of hydrogen-bond donors (Lipinski definition) is 2. The molecule has 2 atom stereocenters. The van der Waals surface area contributed by atoms with E-state index in [0.717, 1.165) is 0 Å². The summed E-state index contributed by atoms with van der Waals surface area (Å²) in [7, 11) is 0. The predicted octanol–water partition coefficient (Wildman–Crippen LogP) is -0.0958. The van der Waals surface area contributed by atoms with Gasteiger partial charge in [-0.15, -0.1) is 0 Å². The number of piperidine rings is 1. The molecule has 1 rings (SSSR count). The third-order valence-electron chi connectivity index (χ3n) is 2.88. The minimum absolute atomic E-state index is 0.00765. The van der Waals surface area contributed by atoms with Crippen LogP contribution >= 0.6 is 0 Å². The second-order valence-corrected chi connectivity index (χ2v) is 3.97. The zero-order valence-corrected chi connectivity index (χ0v) is 8.86. The van der Waals surface area contributed by atoms with E-state index in [9.17, 15) is 14.3 Å². The molecule has 88 valence electrons. The van der Waals surface area contributed by atoms with Gasteiger partial charge in [-0.3, -0.25) is 9.18 Å². The van der Waals surface area contributed by atoms with E-state index in [1.807, 2.05) is 0 Å². The van der Waals surface area contributed by atoms with Gasteiger partial charge in [-0.1, -0.05) is 0 Å². The minimum Gasteiger partial charge on any atom is -0.393 e. The van der Waals surface area contributed by atoms with E-state index in [1.54, 1.807) is 4.90 Å². The van der Waals surface area contributed by atoms with Crippen LogP contribution in [0.1, 0.15) is 19.3 Å². The average molecular weight is 218 g/mol. The van der Waals surface area contributed by atoms with Crippen LogP contribution in [0.15, 0.2) is 0 Å². The molecular weight excluding hydrogens is 199 g/mol. The van der Waals surface area contributed by atoms with Gasteiger partial charge in [0.15, 0.2) is 0 Å². The van der Waals surface area contributed by atoms with Gasteiger partial charge >= 0.3 is 0 Å². The summed E-state index contributed by atoms with van der Waals surface area (Å²) >= 11 is 0. The molecule has 0 aromatic carbocycles. The monoisotopic (exact) mass is 218 g/mol. The Morgan fingerprint density at radius 3 is 2.93 bits per heavy atom. The van der Waals surface area contributed by atoms with E-state index in [1.165, 1.54) is 0 Å². The van der Waals surface area contributed by atoms with Gasteiger partial charge in [0.05, 0.1) is 12.8 Å². The fourth-order valence-electron chi connectivity index (χ4n) is 1.95. The van der Waals surface area contributed by atoms with Crippen molar-refractivity contribution in [3.05, 3.63) is 0 Å². The molecule has 0 aromatic rings. The molecule has 0 radical (unpaired) electrons. The van der Waals surface area contributed by atoms with E-state index in [4.69, 9.17) is 5.73 Å². The van der Waals surface area contributed by atoms with Crippen LogP contribution in [-0.4, -0.2) is 48.3 Å². The highest BCUT2D eigenvalue weighted by Crippen LogP contribution is 2.20. The minimum atomic E-state index is -0.470. The number of alkyl halides is 1. The third-order valence-corrected chi connectivity index (χ3v) is 2.88. The number of likely N-dealkylation sites (tertiary alicyclic amines) is 1. The molecule has 15 heavy (non-hydrogen) atoms. The Hall–Kier alpha value is -0.680. The fourth-order valence-corrected chi connectivity index (χ4v) is 1.95. The zero-order valence-electron chi connectivity index (χ0n) is 8.86. The Bertz CT molecular complexity index is 214. The Morgan fingerprint density at radius 2 is 2.33 bits per heavy atom. The number of aliphatic hydroxyl groups excluding tert-OH is 1. The maximum atomic E-state index is 12.2. The first-order chi connectivity index (χ1) is 7.19. The van der Waals surface area contributed by atoms with Crippen molar-refractivity contribution in [2.75, 3.05) is 26.3 Å². The number of amides is 1. The summed E-state index contributed by atoms with van der Waals surface area (Å²) in [5.74, 6) is -0.112. The molecule has 1 amide bonds. The smallest absolute Gasteiger partial charge is 0.223 e. The topological polar surface area (TPSA) is 66.6 Å². The molecular formula is C10H19FN2O2. The lowest BCUT2D eigenvalue weighted by molar-refractivity contribution is -0.134. The van der Waals surface area contributed by atoms with Crippen molar-refractivity contribution < 1.29 is 14.3 Å². The van der Waals surface area contributed by atoms with Gasteiger partial charge < -0.3 is 15.7 Å². The lowest BCUT2D eigenvalue weighted by atomic mass is 9.92. The molecule has 1 saturated heterocycles. The number of aliphatic hydroxyl groups is 1. The number of carbonyl (C=O) groups is 1. The summed E-state index contributed by atoms with van der Waals surface area (Å²) < 4.78 is 12.2. The van der Waals surface area contributed by atoms with Crippen molar-refractivity contribution in [1.29, 1.82) is 0 Å². The van der Waals surface area contributed by atoms with E-state index in [2.05, 4.69) is 0 Å². The Labute approximate surface area is 89.2 Å². The van der Waals surface area contributed by atoms with Crippen molar-refractivity contribution in [3.63, 3.8) is 0 Å². The molecule has 1 aliphatic heterocycles. The highest BCUT2D eigenvalue weighted by Gasteiger charge is 2.29. The first-order valence-electron chi connectivity index (χ1n) is 5.41.